The van der Waals surface area contributed by atoms with Crippen LogP contribution in [-0.4, -0.2) is 54.2 Å². The normalized spacial score (nSPS) is 21.6. The van der Waals surface area contributed by atoms with Gasteiger partial charge in [0, 0.05) is 26.2 Å². The van der Waals surface area contributed by atoms with Gasteiger partial charge in [0.2, 0.25) is 0 Å². The third kappa shape index (κ3) is 1.91. The van der Waals surface area contributed by atoms with Crippen LogP contribution in [0.25, 0.3) is 0 Å². The minimum atomic E-state index is -1.03. The number of carbonyl (C=O) groups excluding carboxylic acids is 1. The number of carboxylic acids is 1. The second-order valence-electron chi connectivity index (χ2n) is 5.02. The molecule has 2 amide bonds. The summed E-state index contributed by atoms with van der Waals surface area (Å²) in [6.45, 7) is 2.55. The van der Waals surface area contributed by atoms with Gasteiger partial charge in [-0.25, -0.2) is 9.59 Å². The molecule has 1 unspecified atom stereocenters. The quantitative estimate of drug-likeness (QED) is 0.669. The lowest BCUT2D eigenvalue weighted by atomic mass is 10.1. The Balaban J connectivity index is 1.86. The Bertz CT molecular complexity index is 575. The second kappa shape index (κ2) is 4.59. The Morgan fingerprint density at radius 2 is 2.20 bits per heavy atom. The minimum Gasteiger partial charge on any atom is -0.478 e. The summed E-state index contributed by atoms with van der Waals surface area (Å²) in [5.41, 5.74) is 7.09. The molecule has 2 aliphatic heterocycles. The van der Waals surface area contributed by atoms with Gasteiger partial charge in [-0.1, -0.05) is 6.07 Å². The van der Waals surface area contributed by atoms with Crippen molar-refractivity contribution in [2.75, 3.05) is 36.8 Å². The molecule has 3 rings (SSSR count). The number of para-hydroxylation sites is 1. The van der Waals surface area contributed by atoms with Crippen molar-refractivity contribution in [2.24, 2.45) is 0 Å². The molecule has 0 spiro atoms. The summed E-state index contributed by atoms with van der Waals surface area (Å²) in [6.07, 6.45) is 0. The molecule has 1 aromatic carbocycles. The number of nitrogens with two attached hydrogens (primary N) is 1. The molecule has 2 aliphatic rings. The number of rotatable bonds is 2. The molecule has 1 atom stereocenters. The Morgan fingerprint density at radius 3 is 2.95 bits per heavy atom. The van der Waals surface area contributed by atoms with Gasteiger partial charge < -0.3 is 26.0 Å². The van der Waals surface area contributed by atoms with Crippen LogP contribution in [0.2, 0.25) is 0 Å². The zero-order valence-electron chi connectivity index (χ0n) is 10.9. The molecule has 4 N–H and O–H groups in total. The predicted molar refractivity (Wildman–Crippen MR) is 73.9 cm³/mol. The van der Waals surface area contributed by atoms with E-state index in [1.807, 2.05) is 15.9 Å². The van der Waals surface area contributed by atoms with Gasteiger partial charge >= 0.3 is 12.0 Å². The summed E-state index contributed by atoms with van der Waals surface area (Å²) in [4.78, 5) is 26.5. The van der Waals surface area contributed by atoms with E-state index in [2.05, 4.69) is 5.32 Å². The molecule has 7 heteroatoms. The van der Waals surface area contributed by atoms with Crippen LogP contribution in [0.1, 0.15) is 10.4 Å². The van der Waals surface area contributed by atoms with E-state index in [4.69, 9.17) is 10.8 Å². The minimum absolute atomic E-state index is 0.0260. The van der Waals surface area contributed by atoms with Crippen LogP contribution in [0.5, 0.6) is 0 Å². The zero-order valence-corrected chi connectivity index (χ0v) is 10.9. The summed E-state index contributed by atoms with van der Waals surface area (Å²) in [6, 6.07) is 5.10. The number of carbonyl (C=O) groups is 2. The van der Waals surface area contributed by atoms with Gasteiger partial charge in [-0.15, -0.1) is 0 Å². The number of carboxylic acid groups (broad SMARTS) is 1. The van der Waals surface area contributed by atoms with Gasteiger partial charge in [0.15, 0.2) is 0 Å². The van der Waals surface area contributed by atoms with E-state index >= 15 is 0 Å². The molecular weight excluding hydrogens is 260 g/mol. The van der Waals surface area contributed by atoms with Crippen LogP contribution in [0.4, 0.5) is 16.2 Å². The largest absolute Gasteiger partial charge is 0.478 e. The topological polar surface area (TPSA) is 98.9 Å². The van der Waals surface area contributed by atoms with E-state index in [0.717, 1.165) is 5.69 Å². The Labute approximate surface area is 116 Å². The van der Waals surface area contributed by atoms with E-state index in [0.29, 0.717) is 26.2 Å². The highest BCUT2D eigenvalue weighted by Gasteiger charge is 2.36. The molecule has 2 heterocycles. The lowest BCUT2D eigenvalue weighted by Gasteiger charge is -2.38. The second-order valence-corrected chi connectivity index (χ2v) is 5.02. The van der Waals surface area contributed by atoms with Crippen molar-refractivity contribution in [1.29, 1.82) is 0 Å². The first kappa shape index (κ1) is 12.6. The highest BCUT2D eigenvalue weighted by atomic mass is 16.4. The smallest absolute Gasteiger partial charge is 0.337 e. The molecule has 0 radical (unpaired) electrons. The third-order valence-corrected chi connectivity index (χ3v) is 3.89. The summed E-state index contributed by atoms with van der Waals surface area (Å²) < 4.78 is 0. The number of hydrogen-bond acceptors (Lipinski definition) is 4. The van der Waals surface area contributed by atoms with E-state index in [-0.39, 0.29) is 23.3 Å². The third-order valence-electron chi connectivity index (χ3n) is 3.89. The molecule has 0 aromatic heterocycles. The average molecular weight is 276 g/mol. The van der Waals surface area contributed by atoms with Crippen LogP contribution in [-0.2, 0) is 0 Å². The lowest BCUT2D eigenvalue weighted by Crippen LogP contribution is -2.52. The number of benzene rings is 1. The molecule has 2 fully saturated rings. The van der Waals surface area contributed by atoms with Crippen molar-refractivity contribution in [2.45, 2.75) is 6.04 Å². The Kier molecular flexibility index (Phi) is 2.89. The molecular formula is C13H16N4O3. The van der Waals surface area contributed by atoms with Crippen molar-refractivity contribution >= 4 is 23.4 Å². The number of nitrogen functional groups attached to an aromatic ring is 1. The van der Waals surface area contributed by atoms with E-state index in [1.165, 1.54) is 6.07 Å². The van der Waals surface area contributed by atoms with Gasteiger partial charge in [0.05, 0.1) is 23.0 Å². The van der Waals surface area contributed by atoms with Crippen molar-refractivity contribution < 1.29 is 14.7 Å². The maximum absolute atomic E-state index is 11.6. The molecule has 7 nitrogen and oxygen atoms in total. The highest BCUT2D eigenvalue weighted by Crippen LogP contribution is 2.29. The number of urea groups is 1. The lowest BCUT2D eigenvalue weighted by molar-refractivity contribution is 0.0698. The van der Waals surface area contributed by atoms with Crippen molar-refractivity contribution in [3.05, 3.63) is 23.8 Å². The fourth-order valence-corrected chi connectivity index (χ4v) is 2.84. The number of anilines is 2. The maximum Gasteiger partial charge on any atom is 0.337 e. The van der Waals surface area contributed by atoms with Gasteiger partial charge in [0.1, 0.15) is 0 Å². The average Bonchev–Trinajstić information content (AvgIpc) is 2.80. The standard InChI is InChI=1S/C13H16N4O3/c14-11-9(12(18)19)2-1-3-10(11)16-4-5-17-8(7-16)6-15-13(17)20/h1-3,8H,4-7,14H2,(H,15,20)(H,18,19). The van der Waals surface area contributed by atoms with E-state index in [9.17, 15) is 9.59 Å². The first-order valence-corrected chi connectivity index (χ1v) is 6.49. The van der Waals surface area contributed by atoms with Gasteiger partial charge in [-0.2, -0.15) is 0 Å². The van der Waals surface area contributed by atoms with Gasteiger partial charge in [-0.05, 0) is 12.1 Å². The first-order valence-electron chi connectivity index (χ1n) is 6.49. The van der Waals surface area contributed by atoms with Crippen LogP contribution in [0.15, 0.2) is 18.2 Å². The Morgan fingerprint density at radius 1 is 1.40 bits per heavy atom. The molecule has 2 saturated heterocycles. The van der Waals surface area contributed by atoms with Crippen molar-refractivity contribution in [3.8, 4) is 0 Å². The predicted octanol–water partition coefficient (Wildman–Crippen LogP) is 0.181. The molecule has 0 saturated carbocycles. The fraction of sp³-hybridized carbons (Fsp3) is 0.385. The molecule has 106 valence electrons. The van der Waals surface area contributed by atoms with Crippen molar-refractivity contribution in [3.63, 3.8) is 0 Å². The highest BCUT2D eigenvalue weighted by molar-refractivity contribution is 5.97. The number of piperazine rings is 1. The maximum atomic E-state index is 11.6. The Hall–Kier alpha value is -2.44. The molecule has 1 aromatic rings. The van der Waals surface area contributed by atoms with Gasteiger partial charge in [-0.3, -0.25) is 0 Å². The first-order chi connectivity index (χ1) is 9.58. The summed E-state index contributed by atoms with van der Waals surface area (Å²) in [5.74, 6) is -1.03. The van der Waals surface area contributed by atoms with Gasteiger partial charge in [0.25, 0.3) is 0 Å². The molecule has 20 heavy (non-hydrogen) atoms. The summed E-state index contributed by atoms with van der Waals surface area (Å²) in [7, 11) is 0. The number of hydrogen-bond donors (Lipinski definition) is 3. The van der Waals surface area contributed by atoms with Crippen LogP contribution in [0.3, 0.4) is 0 Å². The van der Waals surface area contributed by atoms with E-state index < -0.39 is 5.97 Å². The fourth-order valence-electron chi connectivity index (χ4n) is 2.84. The van der Waals surface area contributed by atoms with E-state index in [1.54, 1.807) is 6.07 Å². The zero-order chi connectivity index (χ0) is 14.3. The molecule has 0 aliphatic carbocycles. The number of nitrogens with zero attached hydrogens (tertiary/aromatic N) is 2. The number of aromatic carboxylic acids is 1. The monoisotopic (exact) mass is 276 g/mol. The van der Waals surface area contributed by atoms with Crippen LogP contribution >= 0.6 is 0 Å². The van der Waals surface area contributed by atoms with Crippen LogP contribution in [0, 0.1) is 0 Å². The SMILES string of the molecule is Nc1c(C(=O)O)cccc1N1CCN2C(=O)NCC2C1. The van der Waals surface area contributed by atoms with Crippen molar-refractivity contribution in [1.82, 2.24) is 10.2 Å². The van der Waals surface area contributed by atoms with Crippen LogP contribution < -0.4 is 16.0 Å². The number of nitrogens with one attached hydrogen (secondary N) is 1. The number of amides is 2. The summed E-state index contributed by atoms with van der Waals surface area (Å²) >= 11 is 0. The number of fused-ring (bicyclic) bond motifs is 1. The summed E-state index contributed by atoms with van der Waals surface area (Å²) in [5, 5.41) is 11.9. The molecule has 0 bridgehead atoms.